The number of hydrogen-bond donors (Lipinski definition) is 0. The van der Waals surface area contributed by atoms with E-state index in [1.165, 1.54) is 25.1 Å². The number of rotatable bonds is 5. The lowest BCUT2D eigenvalue weighted by Crippen LogP contribution is -2.25. The first kappa shape index (κ1) is 11.8. The molecule has 0 atom stereocenters. The van der Waals surface area contributed by atoms with E-state index in [0.29, 0.717) is 12.4 Å². The molecule has 0 spiro atoms. The standard InChI is InChI=1S/C11H15N3O3/c15-14(16)11-4-3-10(9-12-11)17-8-7-13-5-1-2-6-13/h3-4,9H,1-2,5-8H2. The minimum atomic E-state index is -0.520. The van der Waals surface area contributed by atoms with Crippen LogP contribution in [-0.4, -0.2) is 41.0 Å². The van der Waals surface area contributed by atoms with Crippen molar-refractivity contribution in [2.45, 2.75) is 12.8 Å². The molecule has 0 aliphatic carbocycles. The zero-order valence-electron chi connectivity index (χ0n) is 9.54. The third kappa shape index (κ3) is 3.39. The van der Waals surface area contributed by atoms with Gasteiger partial charge in [-0.1, -0.05) is 0 Å². The van der Waals surface area contributed by atoms with Crippen LogP contribution in [0.2, 0.25) is 0 Å². The Morgan fingerprint density at radius 1 is 1.41 bits per heavy atom. The number of nitrogens with zero attached hydrogens (tertiary/aromatic N) is 3. The molecule has 1 aliphatic heterocycles. The molecule has 1 aromatic heterocycles. The molecule has 1 aliphatic rings. The Labute approximate surface area is 99.4 Å². The molecule has 92 valence electrons. The first-order valence-corrected chi connectivity index (χ1v) is 5.71. The first-order valence-electron chi connectivity index (χ1n) is 5.71. The Kier molecular flexibility index (Phi) is 3.87. The van der Waals surface area contributed by atoms with Crippen LogP contribution in [0.5, 0.6) is 5.75 Å². The maximum Gasteiger partial charge on any atom is 0.363 e. The van der Waals surface area contributed by atoms with Gasteiger partial charge >= 0.3 is 5.82 Å². The number of ether oxygens (including phenoxy) is 1. The van der Waals surface area contributed by atoms with Gasteiger partial charge in [0.2, 0.25) is 0 Å². The number of hydrogen-bond acceptors (Lipinski definition) is 5. The lowest BCUT2D eigenvalue weighted by atomic mass is 10.4. The number of likely N-dealkylation sites (tertiary alicyclic amines) is 1. The van der Waals surface area contributed by atoms with E-state index in [2.05, 4.69) is 9.88 Å². The Balaban J connectivity index is 1.76. The molecule has 17 heavy (non-hydrogen) atoms. The van der Waals surface area contributed by atoms with Crippen LogP contribution in [0.3, 0.4) is 0 Å². The first-order chi connectivity index (χ1) is 8.25. The van der Waals surface area contributed by atoms with Gasteiger partial charge in [0.05, 0.1) is 0 Å². The Morgan fingerprint density at radius 3 is 2.76 bits per heavy atom. The largest absolute Gasteiger partial charge is 0.488 e. The van der Waals surface area contributed by atoms with Crippen molar-refractivity contribution >= 4 is 5.82 Å². The van der Waals surface area contributed by atoms with Crippen molar-refractivity contribution in [3.8, 4) is 5.75 Å². The van der Waals surface area contributed by atoms with Gasteiger partial charge in [-0.2, -0.15) is 0 Å². The van der Waals surface area contributed by atoms with Crippen molar-refractivity contribution in [3.63, 3.8) is 0 Å². The minimum Gasteiger partial charge on any atom is -0.488 e. The SMILES string of the molecule is O=[N+]([O-])c1ccc(OCCN2CCCC2)cn1. The second-order valence-corrected chi connectivity index (χ2v) is 4.01. The van der Waals surface area contributed by atoms with Crippen molar-refractivity contribution in [1.29, 1.82) is 0 Å². The van der Waals surface area contributed by atoms with E-state index in [0.717, 1.165) is 19.6 Å². The van der Waals surface area contributed by atoms with Crippen LogP contribution in [0.25, 0.3) is 0 Å². The van der Waals surface area contributed by atoms with Gasteiger partial charge in [-0.25, -0.2) is 0 Å². The van der Waals surface area contributed by atoms with E-state index < -0.39 is 4.92 Å². The number of pyridine rings is 1. The molecule has 0 amide bonds. The average Bonchev–Trinajstić information content (AvgIpc) is 2.83. The van der Waals surface area contributed by atoms with E-state index in [1.807, 2.05) is 0 Å². The van der Waals surface area contributed by atoms with Gasteiger partial charge in [0.25, 0.3) is 0 Å². The summed E-state index contributed by atoms with van der Waals surface area (Å²) in [7, 11) is 0. The molecule has 0 aromatic carbocycles. The summed E-state index contributed by atoms with van der Waals surface area (Å²) in [5.41, 5.74) is 0. The van der Waals surface area contributed by atoms with Crippen LogP contribution in [0.1, 0.15) is 12.8 Å². The fourth-order valence-electron chi connectivity index (χ4n) is 1.86. The van der Waals surface area contributed by atoms with Crippen LogP contribution in [-0.2, 0) is 0 Å². The Morgan fingerprint density at radius 2 is 2.18 bits per heavy atom. The smallest absolute Gasteiger partial charge is 0.363 e. The second-order valence-electron chi connectivity index (χ2n) is 4.01. The molecule has 6 nitrogen and oxygen atoms in total. The fraction of sp³-hybridized carbons (Fsp3) is 0.545. The molecule has 0 N–H and O–H groups in total. The van der Waals surface area contributed by atoms with Crippen LogP contribution >= 0.6 is 0 Å². The molecule has 1 saturated heterocycles. The topological polar surface area (TPSA) is 68.5 Å². The molecule has 0 unspecified atom stereocenters. The van der Waals surface area contributed by atoms with Gasteiger partial charge < -0.3 is 14.9 Å². The van der Waals surface area contributed by atoms with Gasteiger partial charge in [0.1, 0.15) is 6.61 Å². The third-order valence-corrected chi connectivity index (χ3v) is 2.78. The summed E-state index contributed by atoms with van der Waals surface area (Å²) in [6.45, 7) is 3.78. The number of nitro groups is 1. The van der Waals surface area contributed by atoms with Gasteiger partial charge in [0, 0.05) is 12.6 Å². The molecule has 2 rings (SSSR count). The quantitative estimate of drug-likeness (QED) is 0.573. The Hall–Kier alpha value is -1.69. The van der Waals surface area contributed by atoms with Crippen molar-refractivity contribution in [3.05, 3.63) is 28.4 Å². The summed E-state index contributed by atoms with van der Waals surface area (Å²) in [5, 5.41) is 10.4. The van der Waals surface area contributed by atoms with E-state index in [1.54, 1.807) is 6.07 Å². The molecule has 0 bridgehead atoms. The predicted octanol–water partition coefficient (Wildman–Crippen LogP) is 1.46. The highest BCUT2D eigenvalue weighted by atomic mass is 16.6. The summed E-state index contributed by atoms with van der Waals surface area (Å²) in [4.78, 5) is 15.9. The zero-order valence-corrected chi connectivity index (χ0v) is 9.54. The van der Waals surface area contributed by atoms with E-state index in [4.69, 9.17) is 4.74 Å². The highest BCUT2D eigenvalue weighted by Crippen LogP contribution is 2.14. The minimum absolute atomic E-state index is 0.156. The monoisotopic (exact) mass is 237 g/mol. The average molecular weight is 237 g/mol. The summed E-state index contributed by atoms with van der Waals surface area (Å²) in [6.07, 6.45) is 3.92. The van der Waals surface area contributed by atoms with Crippen molar-refractivity contribution < 1.29 is 9.66 Å². The maximum absolute atomic E-state index is 10.4. The summed E-state index contributed by atoms with van der Waals surface area (Å²) >= 11 is 0. The van der Waals surface area contributed by atoms with Crippen molar-refractivity contribution in [2.24, 2.45) is 0 Å². The summed E-state index contributed by atoms with van der Waals surface area (Å²) in [6, 6.07) is 2.93. The lowest BCUT2D eigenvalue weighted by Gasteiger charge is -2.14. The lowest BCUT2D eigenvalue weighted by molar-refractivity contribution is -0.389. The number of aromatic nitrogens is 1. The van der Waals surface area contributed by atoms with Crippen molar-refractivity contribution in [1.82, 2.24) is 9.88 Å². The third-order valence-electron chi connectivity index (χ3n) is 2.78. The molecular weight excluding hydrogens is 222 g/mol. The molecule has 6 heteroatoms. The van der Waals surface area contributed by atoms with Crippen LogP contribution < -0.4 is 4.74 Å². The van der Waals surface area contributed by atoms with E-state index in [9.17, 15) is 10.1 Å². The molecular formula is C11H15N3O3. The van der Waals surface area contributed by atoms with Gasteiger partial charge in [-0.05, 0) is 41.9 Å². The van der Waals surface area contributed by atoms with Gasteiger partial charge in [0.15, 0.2) is 11.9 Å². The van der Waals surface area contributed by atoms with Gasteiger partial charge in [-0.3, -0.25) is 4.90 Å². The second kappa shape index (κ2) is 5.58. The van der Waals surface area contributed by atoms with E-state index in [-0.39, 0.29) is 5.82 Å². The molecule has 1 fully saturated rings. The Bertz CT molecular complexity index is 374. The van der Waals surface area contributed by atoms with E-state index >= 15 is 0 Å². The van der Waals surface area contributed by atoms with Crippen LogP contribution in [0.15, 0.2) is 18.3 Å². The zero-order chi connectivity index (χ0) is 12.1. The van der Waals surface area contributed by atoms with Gasteiger partial charge in [-0.15, -0.1) is 0 Å². The van der Waals surface area contributed by atoms with Crippen molar-refractivity contribution in [2.75, 3.05) is 26.2 Å². The normalized spacial score (nSPS) is 16.0. The molecule has 0 radical (unpaired) electrons. The molecule has 0 saturated carbocycles. The van der Waals surface area contributed by atoms with Crippen LogP contribution in [0.4, 0.5) is 5.82 Å². The highest BCUT2D eigenvalue weighted by molar-refractivity contribution is 5.26. The molecule has 2 heterocycles. The highest BCUT2D eigenvalue weighted by Gasteiger charge is 2.11. The molecule has 1 aromatic rings. The predicted molar refractivity (Wildman–Crippen MR) is 62.1 cm³/mol. The fourth-order valence-corrected chi connectivity index (χ4v) is 1.86. The summed E-state index contributed by atoms with van der Waals surface area (Å²) < 4.78 is 5.48. The van der Waals surface area contributed by atoms with Crippen LogP contribution in [0, 0.1) is 10.1 Å². The summed E-state index contributed by atoms with van der Waals surface area (Å²) in [5.74, 6) is 0.423. The maximum atomic E-state index is 10.4.